The lowest BCUT2D eigenvalue weighted by molar-refractivity contribution is 0.267. The average Bonchev–Trinajstić information content (AvgIpc) is 3.32. The maximum atomic E-state index is 5.73. The van der Waals surface area contributed by atoms with Gasteiger partial charge in [0.05, 0.1) is 25.1 Å². The van der Waals surface area contributed by atoms with Crippen molar-refractivity contribution in [2.24, 2.45) is 0 Å². The fourth-order valence-electron chi connectivity index (χ4n) is 3.27. The van der Waals surface area contributed by atoms with Gasteiger partial charge in [0, 0.05) is 12.7 Å². The van der Waals surface area contributed by atoms with E-state index in [9.17, 15) is 0 Å². The molecule has 0 radical (unpaired) electrons. The molecule has 1 fully saturated rings. The summed E-state index contributed by atoms with van der Waals surface area (Å²) in [5.74, 6) is 1.70. The highest BCUT2D eigenvalue weighted by Gasteiger charge is 2.41. The molecular weight excluding hydrogens is 346 g/mol. The maximum absolute atomic E-state index is 5.73. The summed E-state index contributed by atoms with van der Waals surface area (Å²) in [6.07, 6.45) is 3.49. The summed E-state index contributed by atoms with van der Waals surface area (Å²) in [6, 6.07) is 17.7. The van der Waals surface area contributed by atoms with Crippen LogP contribution in [0.25, 0.3) is 0 Å². The summed E-state index contributed by atoms with van der Waals surface area (Å²) in [6.45, 7) is 0.671. The van der Waals surface area contributed by atoms with Crippen molar-refractivity contribution in [2.45, 2.75) is 18.6 Å². The molecule has 0 amide bonds. The molecule has 3 aromatic rings. The van der Waals surface area contributed by atoms with Gasteiger partial charge < -0.3 is 19.4 Å². The van der Waals surface area contributed by atoms with Crippen LogP contribution >= 0.6 is 12.2 Å². The van der Waals surface area contributed by atoms with Gasteiger partial charge in [0.2, 0.25) is 0 Å². The van der Waals surface area contributed by atoms with Crippen LogP contribution in [-0.2, 0) is 6.54 Å². The standard InChI is InChI=1S/C20H19N3O2S/c1-24-15-9-7-14(8-10-15)13-23-19(17-6-4-12-25-17)18(22-20(23)26)16-5-2-3-11-21-16/h2-12,18-19H,13H2,1H3,(H,22,26)/t18-,19-/m0/s1. The zero-order valence-corrected chi connectivity index (χ0v) is 15.1. The van der Waals surface area contributed by atoms with E-state index in [4.69, 9.17) is 21.4 Å². The Balaban J connectivity index is 1.66. The van der Waals surface area contributed by atoms with Gasteiger partial charge in [0.1, 0.15) is 17.6 Å². The van der Waals surface area contributed by atoms with Gasteiger partial charge in [-0.05, 0) is 54.2 Å². The molecule has 1 aliphatic heterocycles. The molecule has 0 spiro atoms. The van der Waals surface area contributed by atoms with Crippen LogP contribution in [0.1, 0.15) is 29.1 Å². The number of hydrogen-bond donors (Lipinski definition) is 1. The van der Waals surface area contributed by atoms with Crippen LogP contribution in [0.2, 0.25) is 0 Å². The lowest BCUT2D eigenvalue weighted by Gasteiger charge is -2.26. The third kappa shape index (κ3) is 3.15. The largest absolute Gasteiger partial charge is 0.497 e. The fourth-order valence-corrected chi connectivity index (χ4v) is 3.58. The highest BCUT2D eigenvalue weighted by atomic mass is 32.1. The first-order valence-electron chi connectivity index (χ1n) is 8.40. The Hall–Kier alpha value is -2.86. The minimum atomic E-state index is -0.0619. The number of rotatable bonds is 5. The number of furan rings is 1. The summed E-state index contributed by atoms with van der Waals surface area (Å²) in [4.78, 5) is 6.66. The van der Waals surface area contributed by atoms with E-state index >= 15 is 0 Å². The molecule has 2 atom stereocenters. The first-order chi connectivity index (χ1) is 12.8. The van der Waals surface area contributed by atoms with Crippen LogP contribution in [0.5, 0.6) is 5.75 Å². The van der Waals surface area contributed by atoms with Gasteiger partial charge in [0.15, 0.2) is 5.11 Å². The number of benzene rings is 1. The molecule has 1 saturated heterocycles. The molecule has 1 aliphatic rings. The van der Waals surface area contributed by atoms with Crippen LogP contribution in [0.3, 0.4) is 0 Å². The van der Waals surface area contributed by atoms with E-state index in [1.807, 2.05) is 42.5 Å². The van der Waals surface area contributed by atoms with E-state index in [2.05, 4.69) is 27.3 Å². The number of aromatic nitrogens is 1. The molecule has 1 aromatic carbocycles. The number of ether oxygens (including phenoxy) is 1. The minimum absolute atomic E-state index is 0.0606. The molecule has 0 saturated carbocycles. The van der Waals surface area contributed by atoms with Gasteiger partial charge in [-0.3, -0.25) is 4.98 Å². The first-order valence-corrected chi connectivity index (χ1v) is 8.81. The van der Waals surface area contributed by atoms with Gasteiger partial charge in [-0.25, -0.2) is 0 Å². The lowest BCUT2D eigenvalue weighted by Crippen LogP contribution is -2.29. The second-order valence-corrected chi connectivity index (χ2v) is 6.50. The van der Waals surface area contributed by atoms with E-state index in [1.54, 1.807) is 19.6 Å². The van der Waals surface area contributed by atoms with Crippen molar-refractivity contribution in [3.8, 4) is 5.75 Å². The molecular formula is C20H19N3O2S. The van der Waals surface area contributed by atoms with Crippen molar-refractivity contribution in [2.75, 3.05) is 7.11 Å². The molecule has 0 unspecified atom stereocenters. The zero-order chi connectivity index (χ0) is 17.9. The van der Waals surface area contributed by atoms with Gasteiger partial charge >= 0.3 is 0 Å². The Kier molecular flexibility index (Phi) is 4.58. The number of nitrogens with one attached hydrogen (secondary N) is 1. The monoisotopic (exact) mass is 365 g/mol. The Morgan fingerprint density at radius 2 is 2.00 bits per heavy atom. The van der Waals surface area contributed by atoms with Crippen molar-refractivity contribution in [1.29, 1.82) is 0 Å². The average molecular weight is 365 g/mol. The predicted octanol–water partition coefficient (Wildman–Crippen LogP) is 3.86. The number of methoxy groups -OCH3 is 1. The summed E-state index contributed by atoms with van der Waals surface area (Å²) < 4.78 is 11.0. The summed E-state index contributed by atoms with van der Waals surface area (Å²) >= 11 is 5.64. The third-order valence-corrected chi connectivity index (χ3v) is 4.90. The first kappa shape index (κ1) is 16.6. The predicted molar refractivity (Wildman–Crippen MR) is 103 cm³/mol. The number of thiocarbonyl (C=S) groups is 1. The second-order valence-electron chi connectivity index (χ2n) is 6.12. The van der Waals surface area contributed by atoms with Crippen LogP contribution in [-0.4, -0.2) is 22.1 Å². The minimum Gasteiger partial charge on any atom is -0.497 e. The lowest BCUT2D eigenvalue weighted by atomic mass is 10.0. The van der Waals surface area contributed by atoms with Gasteiger partial charge in [-0.15, -0.1) is 0 Å². The molecule has 132 valence electrons. The molecule has 1 N–H and O–H groups in total. The normalized spacial score (nSPS) is 19.4. The SMILES string of the molecule is COc1ccc(CN2C(=S)N[C@@H](c3ccccn3)[C@@H]2c2ccco2)cc1. The Morgan fingerprint density at radius 3 is 2.65 bits per heavy atom. The molecule has 6 heteroatoms. The van der Waals surface area contributed by atoms with Gasteiger partial charge in [-0.2, -0.15) is 0 Å². The zero-order valence-electron chi connectivity index (χ0n) is 14.3. The van der Waals surface area contributed by atoms with E-state index in [-0.39, 0.29) is 12.1 Å². The smallest absolute Gasteiger partial charge is 0.170 e. The maximum Gasteiger partial charge on any atom is 0.170 e. The van der Waals surface area contributed by atoms with E-state index < -0.39 is 0 Å². The molecule has 4 rings (SSSR count). The van der Waals surface area contributed by atoms with E-state index in [1.165, 1.54) is 0 Å². The highest BCUT2D eigenvalue weighted by Crippen LogP contribution is 2.39. The molecule has 3 heterocycles. The van der Waals surface area contributed by atoms with Crippen LogP contribution in [0.15, 0.2) is 71.5 Å². The highest BCUT2D eigenvalue weighted by molar-refractivity contribution is 7.80. The van der Waals surface area contributed by atoms with Crippen molar-refractivity contribution < 1.29 is 9.15 Å². The van der Waals surface area contributed by atoms with Crippen molar-refractivity contribution in [1.82, 2.24) is 15.2 Å². The van der Waals surface area contributed by atoms with E-state index in [0.29, 0.717) is 11.7 Å². The van der Waals surface area contributed by atoms with Crippen molar-refractivity contribution >= 4 is 17.3 Å². The molecule has 2 aromatic heterocycles. The second kappa shape index (κ2) is 7.17. The third-order valence-electron chi connectivity index (χ3n) is 4.54. The van der Waals surface area contributed by atoms with Gasteiger partial charge in [-0.1, -0.05) is 18.2 Å². The van der Waals surface area contributed by atoms with Crippen molar-refractivity contribution in [3.63, 3.8) is 0 Å². The Bertz CT molecular complexity index is 866. The molecule has 26 heavy (non-hydrogen) atoms. The quantitative estimate of drug-likeness (QED) is 0.693. The summed E-state index contributed by atoms with van der Waals surface area (Å²) in [7, 11) is 1.67. The molecule has 0 bridgehead atoms. The summed E-state index contributed by atoms with van der Waals surface area (Å²) in [5, 5.41) is 4.10. The Morgan fingerprint density at radius 1 is 1.15 bits per heavy atom. The van der Waals surface area contributed by atoms with Crippen LogP contribution < -0.4 is 10.1 Å². The van der Waals surface area contributed by atoms with Crippen LogP contribution in [0, 0.1) is 0 Å². The van der Waals surface area contributed by atoms with Crippen molar-refractivity contribution in [3.05, 3.63) is 84.1 Å². The topological polar surface area (TPSA) is 50.5 Å². The van der Waals surface area contributed by atoms with E-state index in [0.717, 1.165) is 22.8 Å². The molecule has 0 aliphatic carbocycles. The fraction of sp³-hybridized carbons (Fsp3) is 0.200. The number of hydrogen-bond acceptors (Lipinski definition) is 4. The number of pyridine rings is 1. The summed E-state index contributed by atoms with van der Waals surface area (Å²) in [5.41, 5.74) is 2.08. The van der Waals surface area contributed by atoms with Gasteiger partial charge in [0.25, 0.3) is 0 Å². The number of nitrogens with zero attached hydrogens (tertiary/aromatic N) is 2. The van der Waals surface area contributed by atoms with Crippen LogP contribution in [0.4, 0.5) is 0 Å². The molecule has 5 nitrogen and oxygen atoms in total. The Labute approximate surface area is 157 Å².